The van der Waals surface area contributed by atoms with E-state index >= 15 is 0 Å². The lowest BCUT2D eigenvalue weighted by Crippen LogP contribution is -2.30. The van der Waals surface area contributed by atoms with Crippen LogP contribution in [0.1, 0.15) is 18.9 Å². The number of halogens is 1. The minimum atomic E-state index is -1.29. The fourth-order valence-electron chi connectivity index (χ4n) is 2.35. The second-order valence-electron chi connectivity index (χ2n) is 5.42. The molecule has 0 aliphatic carbocycles. The molecule has 2 rings (SSSR count). The standard InChI is InChI=1S/C17H17ClO3/c1-17(21,11-16(19)20)10-12-7-8-14(15(18)9-12)13-5-3-2-4-6-13/h2-9,21H,10-11H2,1H3,(H,19,20). The van der Waals surface area contributed by atoms with Crippen LogP contribution in [0.5, 0.6) is 0 Å². The van der Waals surface area contributed by atoms with Gasteiger partial charge in [-0.25, -0.2) is 0 Å². The monoisotopic (exact) mass is 304 g/mol. The quantitative estimate of drug-likeness (QED) is 0.884. The van der Waals surface area contributed by atoms with E-state index in [1.807, 2.05) is 42.5 Å². The predicted molar refractivity (Wildman–Crippen MR) is 83.5 cm³/mol. The van der Waals surface area contributed by atoms with E-state index in [4.69, 9.17) is 16.7 Å². The highest BCUT2D eigenvalue weighted by Gasteiger charge is 2.24. The number of benzene rings is 2. The van der Waals surface area contributed by atoms with Crippen molar-refractivity contribution in [2.45, 2.75) is 25.4 Å². The van der Waals surface area contributed by atoms with Gasteiger partial charge in [-0.15, -0.1) is 0 Å². The molecule has 0 heterocycles. The zero-order valence-electron chi connectivity index (χ0n) is 11.7. The molecule has 0 fully saturated rings. The second-order valence-corrected chi connectivity index (χ2v) is 5.83. The molecule has 0 bridgehead atoms. The van der Waals surface area contributed by atoms with E-state index in [2.05, 4.69) is 0 Å². The molecular formula is C17H17ClO3. The lowest BCUT2D eigenvalue weighted by molar-refractivity contribution is -0.141. The lowest BCUT2D eigenvalue weighted by atomic mass is 9.92. The predicted octanol–water partition coefficient (Wildman–Crippen LogP) is 3.78. The summed E-state index contributed by atoms with van der Waals surface area (Å²) in [5.41, 5.74) is 1.46. The van der Waals surface area contributed by atoms with Gasteiger partial charge in [0.1, 0.15) is 0 Å². The van der Waals surface area contributed by atoms with Gasteiger partial charge in [0.15, 0.2) is 0 Å². The molecule has 0 aliphatic heterocycles. The van der Waals surface area contributed by atoms with Crippen LogP contribution in [0.3, 0.4) is 0 Å². The number of aliphatic carboxylic acids is 1. The Balaban J connectivity index is 2.22. The fraction of sp³-hybridized carbons (Fsp3) is 0.235. The summed E-state index contributed by atoms with van der Waals surface area (Å²) in [6, 6.07) is 15.3. The first-order valence-corrected chi connectivity index (χ1v) is 7.03. The Morgan fingerprint density at radius 2 is 1.86 bits per heavy atom. The molecule has 0 radical (unpaired) electrons. The van der Waals surface area contributed by atoms with Crippen LogP contribution in [0.15, 0.2) is 48.5 Å². The topological polar surface area (TPSA) is 57.5 Å². The molecule has 0 spiro atoms. The van der Waals surface area contributed by atoms with Gasteiger partial charge in [-0.1, -0.05) is 54.1 Å². The maximum atomic E-state index is 10.7. The first-order chi connectivity index (χ1) is 9.87. The van der Waals surface area contributed by atoms with E-state index in [0.29, 0.717) is 5.02 Å². The highest BCUT2D eigenvalue weighted by atomic mass is 35.5. The highest BCUT2D eigenvalue weighted by molar-refractivity contribution is 6.33. The third kappa shape index (κ3) is 4.31. The molecule has 0 saturated heterocycles. The largest absolute Gasteiger partial charge is 0.481 e. The van der Waals surface area contributed by atoms with Gasteiger partial charge < -0.3 is 10.2 Å². The average Bonchev–Trinajstić information content (AvgIpc) is 2.37. The molecule has 0 aliphatic rings. The number of carbonyl (C=O) groups is 1. The van der Waals surface area contributed by atoms with Gasteiger partial charge in [0.05, 0.1) is 12.0 Å². The SMILES string of the molecule is CC(O)(CC(=O)O)Cc1ccc(-c2ccccc2)c(Cl)c1. The van der Waals surface area contributed by atoms with Crippen LogP contribution in [-0.4, -0.2) is 21.8 Å². The van der Waals surface area contributed by atoms with E-state index in [0.717, 1.165) is 16.7 Å². The summed E-state index contributed by atoms with van der Waals surface area (Å²) in [7, 11) is 0. The van der Waals surface area contributed by atoms with Gasteiger partial charge in [0.25, 0.3) is 0 Å². The first-order valence-electron chi connectivity index (χ1n) is 6.65. The maximum absolute atomic E-state index is 10.7. The number of carboxylic acid groups (broad SMARTS) is 1. The Kier molecular flexibility index (Phi) is 4.66. The molecule has 2 aromatic carbocycles. The van der Waals surface area contributed by atoms with Gasteiger partial charge in [0.2, 0.25) is 0 Å². The zero-order valence-corrected chi connectivity index (χ0v) is 12.5. The van der Waals surface area contributed by atoms with E-state index in [1.165, 1.54) is 6.92 Å². The Morgan fingerprint density at radius 1 is 1.19 bits per heavy atom. The normalized spacial score (nSPS) is 13.7. The smallest absolute Gasteiger partial charge is 0.306 e. The van der Waals surface area contributed by atoms with E-state index in [1.54, 1.807) is 6.07 Å². The maximum Gasteiger partial charge on any atom is 0.306 e. The van der Waals surface area contributed by atoms with Crippen molar-refractivity contribution < 1.29 is 15.0 Å². The zero-order chi connectivity index (χ0) is 15.5. The highest BCUT2D eigenvalue weighted by Crippen LogP contribution is 2.30. The van der Waals surface area contributed by atoms with Crippen LogP contribution >= 0.6 is 11.6 Å². The molecule has 4 heteroatoms. The molecule has 0 amide bonds. The minimum absolute atomic E-state index is 0.244. The summed E-state index contributed by atoms with van der Waals surface area (Å²) in [6.45, 7) is 1.51. The number of carboxylic acids is 1. The Morgan fingerprint density at radius 3 is 2.43 bits per heavy atom. The number of hydrogen-bond donors (Lipinski definition) is 2. The average molecular weight is 305 g/mol. The van der Waals surface area contributed by atoms with E-state index in [-0.39, 0.29) is 12.8 Å². The van der Waals surface area contributed by atoms with Crippen LogP contribution in [0, 0.1) is 0 Å². The molecule has 1 unspecified atom stereocenters. The van der Waals surface area contributed by atoms with Crippen LogP contribution in [0.25, 0.3) is 11.1 Å². The van der Waals surface area contributed by atoms with Crippen molar-refractivity contribution >= 4 is 17.6 Å². The molecule has 0 aromatic heterocycles. The van der Waals surface area contributed by atoms with Crippen LogP contribution < -0.4 is 0 Å². The van der Waals surface area contributed by atoms with Crippen molar-refractivity contribution in [1.82, 2.24) is 0 Å². The molecule has 21 heavy (non-hydrogen) atoms. The van der Waals surface area contributed by atoms with Gasteiger partial charge in [-0.3, -0.25) is 4.79 Å². The molecule has 1 atom stereocenters. The summed E-state index contributed by atoms with van der Waals surface area (Å²) in [6.07, 6.45) is -0.0564. The molecular weight excluding hydrogens is 288 g/mol. The van der Waals surface area contributed by atoms with Crippen LogP contribution in [0.2, 0.25) is 5.02 Å². The summed E-state index contributed by atoms with van der Waals surface area (Å²) in [4.78, 5) is 10.7. The van der Waals surface area contributed by atoms with E-state index in [9.17, 15) is 9.90 Å². The van der Waals surface area contributed by atoms with Crippen LogP contribution in [0.4, 0.5) is 0 Å². The minimum Gasteiger partial charge on any atom is -0.481 e. The summed E-state index contributed by atoms with van der Waals surface area (Å²) in [5, 5.41) is 19.5. The third-order valence-electron chi connectivity index (χ3n) is 3.24. The Bertz CT molecular complexity index is 636. The van der Waals surface area contributed by atoms with Crippen molar-refractivity contribution in [3.8, 4) is 11.1 Å². The molecule has 2 N–H and O–H groups in total. The molecule has 0 saturated carbocycles. The van der Waals surface area contributed by atoms with Crippen molar-refractivity contribution in [2.24, 2.45) is 0 Å². The Hall–Kier alpha value is -1.84. The van der Waals surface area contributed by atoms with Crippen molar-refractivity contribution in [3.63, 3.8) is 0 Å². The number of hydrogen-bond acceptors (Lipinski definition) is 2. The summed E-state index contributed by atoms with van der Waals surface area (Å²) >= 11 is 6.30. The number of rotatable bonds is 5. The summed E-state index contributed by atoms with van der Waals surface area (Å²) < 4.78 is 0. The molecule has 110 valence electrons. The van der Waals surface area contributed by atoms with Gasteiger partial charge in [-0.05, 0) is 24.1 Å². The van der Waals surface area contributed by atoms with Crippen molar-refractivity contribution in [3.05, 3.63) is 59.1 Å². The molecule has 2 aromatic rings. The van der Waals surface area contributed by atoms with Crippen molar-refractivity contribution in [1.29, 1.82) is 0 Å². The van der Waals surface area contributed by atoms with Crippen molar-refractivity contribution in [2.75, 3.05) is 0 Å². The number of aliphatic hydroxyl groups is 1. The van der Waals surface area contributed by atoms with Gasteiger partial charge >= 0.3 is 5.97 Å². The molecule has 3 nitrogen and oxygen atoms in total. The van der Waals surface area contributed by atoms with Gasteiger partial charge in [0, 0.05) is 17.0 Å². The summed E-state index contributed by atoms with van der Waals surface area (Å²) in [5.74, 6) is -1.02. The van der Waals surface area contributed by atoms with Gasteiger partial charge in [-0.2, -0.15) is 0 Å². The third-order valence-corrected chi connectivity index (χ3v) is 3.55. The second kappa shape index (κ2) is 6.29. The van der Waals surface area contributed by atoms with E-state index < -0.39 is 11.6 Å². The first kappa shape index (κ1) is 15.5. The Labute approximate surface area is 128 Å². The lowest BCUT2D eigenvalue weighted by Gasteiger charge is -2.21. The fourth-order valence-corrected chi connectivity index (χ4v) is 2.66. The van der Waals surface area contributed by atoms with Crippen LogP contribution in [-0.2, 0) is 11.2 Å².